The van der Waals surface area contributed by atoms with E-state index in [9.17, 15) is 4.79 Å². The van der Waals surface area contributed by atoms with Crippen molar-refractivity contribution in [3.8, 4) is 0 Å². The van der Waals surface area contributed by atoms with Crippen LogP contribution in [0.5, 0.6) is 0 Å². The van der Waals surface area contributed by atoms with Gasteiger partial charge in [0.05, 0.1) is 6.33 Å². The molecule has 0 radical (unpaired) electrons. The molecule has 0 aliphatic heterocycles. The van der Waals surface area contributed by atoms with Gasteiger partial charge in [-0.3, -0.25) is 9.36 Å². The lowest BCUT2D eigenvalue weighted by molar-refractivity contribution is 0.561. The molecule has 0 saturated carbocycles. The second-order valence-corrected chi connectivity index (χ2v) is 4.20. The van der Waals surface area contributed by atoms with Gasteiger partial charge in [0.25, 0.3) is 5.56 Å². The fraction of sp³-hybridized carbons (Fsp3) is 0.600. The molecule has 0 bridgehead atoms. The highest BCUT2D eigenvalue weighted by atomic mass is 79.9. The van der Waals surface area contributed by atoms with Gasteiger partial charge in [0.1, 0.15) is 4.47 Å². The van der Waals surface area contributed by atoms with Crippen LogP contribution in [0, 0.1) is 0 Å². The van der Waals surface area contributed by atoms with Crippen LogP contribution in [0.3, 0.4) is 0 Å². The Bertz CT molecular complexity index is 351. The number of halogens is 1. The van der Waals surface area contributed by atoms with E-state index in [-0.39, 0.29) is 5.56 Å². The summed E-state index contributed by atoms with van der Waals surface area (Å²) in [5, 5.41) is 3.29. The smallest absolute Gasteiger partial charge is 0.267 e. The fourth-order valence-electron chi connectivity index (χ4n) is 1.26. The summed E-state index contributed by atoms with van der Waals surface area (Å²) in [6, 6.07) is 0. The van der Waals surface area contributed by atoms with Crippen molar-refractivity contribution in [1.82, 2.24) is 14.9 Å². The SMILES string of the molecule is CCCNCCCn1cncc(Br)c1=O. The van der Waals surface area contributed by atoms with Crippen molar-refractivity contribution >= 4 is 15.9 Å². The van der Waals surface area contributed by atoms with Crippen molar-refractivity contribution in [1.29, 1.82) is 0 Å². The highest BCUT2D eigenvalue weighted by molar-refractivity contribution is 9.10. The Balaban J connectivity index is 2.38. The highest BCUT2D eigenvalue weighted by Gasteiger charge is 1.99. The molecule has 0 saturated heterocycles. The lowest BCUT2D eigenvalue weighted by Crippen LogP contribution is -2.23. The van der Waals surface area contributed by atoms with Crippen molar-refractivity contribution in [3.63, 3.8) is 0 Å². The summed E-state index contributed by atoms with van der Waals surface area (Å²) in [4.78, 5) is 15.5. The highest BCUT2D eigenvalue weighted by Crippen LogP contribution is 1.98. The Labute approximate surface area is 97.8 Å². The normalized spacial score (nSPS) is 10.5. The molecule has 0 aliphatic carbocycles. The van der Waals surface area contributed by atoms with Crippen molar-refractivity contribution in [2.45, 2.75) is 26.3 Å². The maximum Gasteiger partial charge on any atom is 0.267 e. The summed E-state index contributed by atoms with van der Waals surface area (Å²) in [7, 11) is 0. The van der Waals surface area contributed by atoms with Crippen LogP contribution in [0.25, 0.3) is 0 Å². The molecule has 1 N–H and O–H groups in total. The van der Waals surface area contributed by atoms with E-state index in [4.69, 9.17) is 0 Å². The molecule has 1 rings (SSSR count). The molecule has 1 aromatic rings. The first-order chi connectivity index (χ1) is 7.25. The van der Waals surface area contributed by atoms with E-state index in [1.54, 1.807) is 10.9 Å². The summed E-state index contributed by atoms with van der Waals surface area (Å²) >= 11 is 3.17. The van der Waals surface area contributed by atoms with Crippen LogP contribution in [-0.2, 0) is 6.54 Å². The lowest BCUT2D eigenvalue weighted by atomic mass is 10.4. The molecule has 5 heteroatoms. The van der Waals surface area contributed by atoms with Gasteiger partial charge in [0, 0.05) is 12.7 Å². The van der Waals surface area contributed by atoms with Gasteiger partial charge in [0.2, 0.25) is 0 Å². The molecular formula is C10H16BrN3O. The molecule has 4 nitrogen and oxygen atoms in total. The Morgan fingerprint density at radius 1 is 1.53 bits per heavy atom. The molecule has 0 spiro atoms. The fourth-order valence-corrected chi connectivity index (χ4v) is 1.61. The molecule has 0 fully saturated rings. The second kappa shape index (κ2) is 6.74. The zero-order valence-corrected chi connectivity index (χ0v) is 10.5. The van der Waals surface area contributed by atoms with Crippen molar-refractivity contribution < 1.29 is 0 Å². The van der Waals surface area contributed by atoms with Crippen LogP contribution >= 0.6 is 15.9 Å². The van der Waals surface area contributed by atoms with Gasteiger partial charge in [-0.25, -0.2) is 4.98 Å². The van der Waals surface area contributed by atoms with Crippen LogP contribution in [0.4, 0.5) is 0 Å². The summed E-state index contributed by atoms with van der Waals surface area (Å²) in [6.07, 6.45) is 5.18. The van der Waals surface area contributed by atoms with Gasteiger partial charge >= 0.3 is 0 Å². The van der Waals surface area contributed by atoms with Gasteiger partial charge < -0.3 is 5.32 Å². The third-order valence-electron chi connectivity index (χ3n) is 2.04. The molecule has 0 amide bonds. The summed E-state index contributed by atoms with van der Waals surface area (Å²) in [5.74, 6) is 0. The zero-order valence-electron chi connectivity index (χ0n) is 8.87. The van der Waals surface area contributed by atoms with Gasteiger partial charge in [0.15, 0.2) is 0 Å². The van der Waals surface area contributed by atoms with Gasteiger partial charge in [-0.05, 0) is 41.9 Å². The van der Waals surface area contributed by atoms with E-state index >= 15 is 0 Å². The number of nitrogens with zero attached hydrogens (tertiary/aromatic N) is 2. The van der Waals surface area contributed by atoms with Crippen molar-refractivity contribution in [2.24, 2.45) is 0 Å². The molecular weight excluding hydrogens is 258 g/mol. The average molecular weight is 274 g/mol. The number of aryl methyl sites for hydroxylation is 1. The molecule has 0 aliphatic rings. The molecule has 1 heterocycles. The lowest BCUT2D eigenvalue weighted by Gasteiger charge is -2.05. The van der Waals surface area contributed by atoms with Crippen LogP contribution in [0.2, 0.25) is 0 Å². The van der Waals surface area contributed by atoms with Crippen LogP contribution < -0.4 is 10.9 Å². The molecule has 0 unspecified atom stereocenters. The standard InChI is InChI=1S/C10H16BrN3O/c1-2-4-12-5-3-6-14-8-13-7-9(11)10(14)15/h7-8,12H,2-6H2,1H3. The van der Waals surface area contributed by atoms with Crippen molar-refractivity contribution in [3.05, 3.63) is 27.4 Å². The third-order valence-corrected chi connectivity index (χ3v) is 2.58. The van der Waals surface area contributed by atoms with Crippen LogP contribution in [0.15, 0.2) is 21.8 Å². The van der Waals surface area contributed by atoms with E-state index < -0.39 is 0 Å². The minimum Gasteiger partial charge on any atom is -0.317 e. The topological polar surface area (TPSA) is 46.9 Å². The maximum atomic E-state index is 11.5. The number of hydrogen-bond donors (Lipinski definition) is 1. The first kappa shape index (κ1) is 12.4. The number of hydrogen-bond acceptors (Lipinski definition) is 3. The minimum atomic E-state index is -0.0134. The second-order valence-electron chi connectivity index (χ2n) is 3.34. The monoisotopic (exact) mass is 273 g/mol. The predicted octanol–water partition coefficient (Wildman–Crippen LogP) is 1.40. The zero-order chi connectivity index (χ0) is 11.1. The average Bonchev–Trinajstić information content (AvgIpc) is 2.24. The maximum absolute atomic E-state index is 11.5. The van der Waals surface area contributed by atoms with E-state index in [2.05, 4.69) is 33.2 Å². The Kier molecular flexibility index (Phi) is 5.57. The van der Waals surface area contributed by atoms with Crippen molar-refractivity contribution in [2.75, 3.05) is 13.1 Å². The van der Waals surface area contributed by atoms with E-state index in [0.717, 1.165) is 25.9 Å². The van der Waals surface area contributed by atoms with Crippen LogP contribution in [0.1, 0.15) is 19.8 Å². The van der Waals surface area contributed by atoms with Gasteiger partial charge in [-0.15, -0.1) is 0 Å². The summed E-state index contributed by atoms with van der Waals surface area (Å²) < 4.78 is 2.14. The predicted molar refractivity (Wildman–Crippen MR) is 64.0 cm³/mol. The molecule has 1 aromatic heterocycles. The van der Waals surface area contributed by atoms with Gasteiger partial charge in [-0.1, -0.05) is 6.92 Å². The van der Waals surface area contributed by atoms with E-state index in [1.165, 1.54) is 6.20 Å². The van der Waals surface area contributed by atoms with E-state index in [0.29, 0.717) is 11.0 Å². The number of aromatic nitrogens is 2. The number of nitrogens with one attached hydrogen (secondary N) is 1. The molecule has 84 valence electrons. The molecule has 0 aromatic carbocycles. The van der Waals surface area contributed by atoms with Gasteiger partial charge in [-0.2, -0.15) is 0 Å². The van der Waals surface area contributed by atoms with E-state index in [1.807, 2.05) is 0 Å². The number of rotatable bonds is 6. The minimum absolute atomic E-state index is 0.0134. The quantitative estimate of drug-likeness (QED) is 0.797. The summed E-state index contributed by atoms with van der Waals surface area (Å²) in [5.41, 5.74) is -0.0134. The first-order valence-electron chi connectivity index (χ1n) is 5.16. The Morgan fingerprint density at radius 3 is 3.07 bits per heavy atom. The Morgan fingerprint density at radius 2 is 2.33 bits per heavy atom. The van der Waals surface area contributed by atoms with Crippen LogP contribution in [-0.4, -0.2) is 22.6 Å². The molecule has 15 heavy (non-hydrogen) atoms. The summed E-state index contributed by atoms with van der Waals surface area (Å²) in [6.45, 7) is 4.82. The molecule has 0 atom stereocenters. The third kappa shape index (κ3) is 4.13. The first-order valence-corrected chi connectivity index (χ1v) is 5.95. The largest absolute Gasteiger partial charge is 0.317 e. The Hall–Kier alpha value is -0.680.